The van der Waals surface area contributed by atoms with E-state index in [2.05, 4.69) is 35.8 Å². The minimum absolute atomic E-state index is 0.0254. The van der Waals surface area contributed by atoms with Crippen LogP contribution in [0.5, 0.6) is 0 Å². The summed E-state index contributed by atoms with van der Waals surface area (Å²) in [5.74, 6) is 0.568. The second-order valence-corrected chi connectivity index (χ2v) is 4.48. The van der Waals surface area contributed by atoms with Gasteiger partial charge in [-0.3, -0.25) is 4.98 Å². The highest BCUT2D eigenvalue weighted by atomic mass is 16.4. The third-order valence-corrected chi connectivity index (χ3v) is 3.10. The molecule has 0 radical (unpaired) electrons. The summed E-state index contributed by atoms with van der Waals surface area (Å²) in [5, 5.41) is 11.6. The number of hydrogen-bond donors (Lipinski definition) is 2. The summed E-state index contributed by atoms with van der Waals surface area (Å²) in [6.45, 7) is 6.51. The van der Waals surface area contributed by atoms with E-state index in [1.54, 1.807) is 6.20 Å². The number of nitrogens with zero attached hydrogens (tertiary/aromatic N) is 3. The van der Waals surface area contributed by atoms with Gasteiger partial charge in [0.15, 0.2) is 5.84 Å². The quantitative estimate of drug-likeness (QED) is 0.361. The Bertz CT molecular complexity index is 403. The number of aromatic nitrogens is 1. The maximum atomic E-state index is 8.62. The minimum atomic E-state index is 0.0254. The summed E-state index contributed by atoms with van der Waals surface area (Å²) >= 11 is 0. The lowest BCUT2D eigenvalue weighted by Crippen LogP contribution is -2.33. The Kier molecular flexibility index (Phi) is 4.31. The molecule has 5 nitrogen and oxygen atoms in total. The van der Waals surface area contributed by atoms with Crippen LogP contribution in [0.3, 0.4) is 0 Å². The van der Waals surface area contributed by atoms with Crippen LogP contribution in [0.15, 0.2) is 23.5 Å². The van der Waals surface area contributed by atoms with E-state index in [1.807, 2.05) is 19.2 Å². The van der Waals surface area contributed by atoms with E-state index >= 15 is 0 Å². The topological polar surface area (TPSA) is 74.7 Å². The highest BCUT2D eigenvalue weighted by molar-refractivity contribution is 5.95. The van der Waals surface area contributed by atoms with Gasteiger partial charge >= 0.3 is 0 Å². The smallest absolute Gasteiger partial charge is 0.188 e. The summed E-state index contributed by atoms with van der Waals surface area (Å²) < 4.78 is 0. The maximum absolute atomic E-state index is 8.62. The van der Waals surface area contributed by atoms with Crippen molar-refractivity contribution < 1.29 is 5.21 Å². The van der Waals surface area contributed by atoms with Gasteiger partial charge in [0.1, 0.15) is 5.69 Å². The summed E-state index contributed by atoms with van der Waals surface area (Å²) in [6, 6.07) is 4.12. The lowest BCUT2D eigenvalue weighted by molar-refractivity contribution is 0.318. The van der Waals surface area contributed by atoms with Crippen molar-refractivity contribution in [1.82, 2.24) is 4.98 Å². The largest absolute Gasteiger partial charge is 0.409 e. The van der Waals surface area contributed by atoms with Crippen molar-refractivity contribution in [1.29, 1.82) is 0 Å². The van der Waals surface area contributed by atoms with Gasteiger partial charge in [-0.15, -0.1) is 0 Å². The predicted octanol–water partition coefficient (Wildman–Crippen LogP) is 1.66. The maximum Gasteiger partial charge on any atom is 0.188 e. The van der Waals surface area contributed by atoms with Gasteiger partial charge in [0.2, 0.25) is 0 Å². The van der Waals surface area contributed by atoms with Crippen LogP contribution in [0.1, 0.15) is 26.5 Å². The molecule has 1 rings (SSSR count). The van der Waals surface area contributed by atoms with E-state index in [-0.39, 0.29) is 5.84 Å². The molecule has 0 fully saturated rings. The second-order valence-electron chi connectivity index (χ2n) is 4.48. The van der Waals surface area contributed by atoms with Crippen molar-refractivity contribution in [2.24, 2.45) is 16.8 Å². The first kappa shape index (κ1) is 13.3. The molecular formula is C12H20N4O. The fourth-order valence-corrected chi connectivity index (χ4v) is 1.51. The molecule has 0 aromatic carbocycles. The molecule has 0 aliphatic carbocycles. The summed E-state index contributed by atoms with van der Waals surface area (Å²) in [5.41, 5.74) is 7.00. The van der Waals surface area contributed by atoms with Gasteiger partial charge in [0, 0.05) is 25.0 Å². The Balaban J connectivity index is 2.99. The Hall–Kier alpha value is -1.78. The molecule has 1 aromatic heterocycles. The van der Waals surface area contributed by atoms with Crippen molar-refractivity contribution in [3.63, 3.8) is 0 Å². The number of oxime groups is 1. The van der Waals surface area contributed by atoms with E-state index in [1.165, 1.54) is 0 Å². The number of amidine groups is 1. The van der Waals surface area contributed by atoms with Crippen LogP contribution in [-0.2, 0) is 0 Å². The molecule has 94 valence electrons. The van der Waals surface area contributed by atoms with Gasteiger partial charge < -0.3 is 15.8 Å². The van der Waals surface area contributed by atoms with Crippen molar-refractivity contribution in [3.05, 3.63) is 24.0 Å². The minimum Gasteiger partial charge on any atom is -0.409 e. The van der Waals surface area contributed by atoms with E-state index in [9.17, 15) is 0 Å². The molecule has 0 spiro atoms. The number of rotatable bonds is 4. The first-order valence-electron chi connectivity index (χ1n) is 5.64. The van der Waals surface area contributed by atoms with Crippen LogP contribution in [0.25, 0.3) is 0 Å². The van der Waals surface area contributed by atoms with Gasteiger partial charge in [-0.2, -0.15) is 0 Å². The Morgan fingerprint density at radius 3 is 2.65 bits per heavy atom. The SMILES string of the molecule is CC(C)C(C)N(C)c1ccnc(C(N)=NO)c1. The molecule has 0 aliphatic heterocycles. The highest BCUT2D eigenvalue weighted by Gasteiger charge is 2.14. The van der Waals surface area contributed by atoms with E-state index in [0.29, 0.717) is 17.7 Å². The third kappa shape index (κ3) is 3.09. The number of anilines is 1. The van der Waals surface area contributed by atoms with Crippen LogP contribution in [0, 0.1) is 5.92 Å². The Morgan fingerprint density at radius 2 is 2.12 bits per heavy atom. The number of pyridine rings is 1. The second kappa shape index (κ2) is 5.52. The van der Waals surface area contributed by atoms with Gasteiger partial charge in [0.25, 0.3) is 0 Å². The molecule has 0 saturated heterocycles. The first-order chi connectivity index (χ1) is 7.97. The molecule has 0 aliphatic rings. The number of hydrogen-bond acceptors (Lipinski definition) is 4. The lowest BCUT2D eigenvalue weighted by Gasteiger charge is -2.30. The van der Waals surface area contributed by atoms with Gasteiger partial charge in [-0.05, 0) is 25.0 Å². The van der Waals surface area contributed by atoms with E-state index in [4.69, 9.17) is 10.9 Å². The van der Waals surface area contributed by atoms with Crippen LogP contribution >= 0.6 is 0 Å². The summed E-state index contributed by atoms with van der Waals surface area (Å²) in [4.78, 5) is 6.21. The monoisotopic (exact) mass is 236 g/mol. The Labute approximate surface area is 102 Å². The van der Waals surface area contributed by atoms with Crippen LogP contribution < -0.4 is 10.6 Å². The third-order valence-electron chi connectivity index (χ3n) is 3.10. The fraction of sp³-hybridized carbons (Fsp3) is 0.500. The van der Waals surface area contributed by atoms with Crippen molar-refractivity contribution in [2.75, 3.05) is 11.9 Å². The van der Waals surface area contributed by atoms with Crippen LogP contribution in [0.2, 0.25) is 0 Å². The molecule has 1 aromatic rings. The average molecular weight is 236 g/mol. The zero-order chi connectivity index (χ0) is 13.0. The molecule has 0 bridgehead atoms. The molecule has 17 heavy (non-hydrogen) atoms. The normalized spacial score (nSPS) is 13.8. The molecule has 1 heterocycles. The first-order valence-corrected chi connectivity index (χ1v) is 5.64. The standard InChI is InChI=1S/C12H20N4O/c1-8(2)9(3)16(4)10-5-6-14-11(7-10)12(13)15-17/h5-9,17H,1-4H3,(H2,13,15). The average Bonchev–Trinajstić information content (AvgIpc) is 2.36. The van der Waals surface area contributed by atoms with Crippen LogP contribution in [-0.4, -0.2) is 29.1 Å². The lowest BCUT2D eigenvalue weighted by atomic mass is 10.0. The summed E-state index contributed by atoms with van der Waals surface area (Å²) in [6.07, 6.45) is 1.66. The van der Waals surface area contributed by atoms with Crippen molar-refractivity contribution in [2.45, 2.75) is 26.8 Å². The van der Waals surface area contributed by atoms with Gasteiger partial charge in [-0.1, -0.05) is 19.0 Å². The van der Waals surface area contributed by atoms with Crippen molar-refractivity contribution >= 4 is 11.5 Å². The van der Waals surface area contributed by atoms with Crippen molar-refractivity contribution in [3.8, 4) is 0 Å². The Morgan fingerprint density at radius 1 is 1.47 bits per heavy atom. The highest BCUT2D eigenvalue weighted by Crippen LogP contribution is 2.19. The van der Waals surface area contributed by atoms with Gasteiger partial charge in [0.05, 0.1) is 0 Å². The molecule has 1 atom stereocenters. The summed E-state index contributed by atoms with van der Waals surface area (Å²) in [7, 11) is 2.02. The molecular weight excluding hydrogens is 216 g/mol. The molecule has 0 saturated carbocycles. The molecule has 3 N–H and O–H groups in total. The molecule has 1 unspecified atom stereocenters. The predicted molar refractivity (Wildman–Crippen MR) is 69.5 cm³/mol. The fourth-order valence-electron chi connectivity index (χ4n) is 1.51. The molecule has 5 heteroatoms. The van der Waals surface area contributed by atoms with Gasteiger partial charge in [-0.25, -0.2) is 0 Å². The molecule has 0 amide bonds. The zero-order valence-electron chi connectivity index (χ0n) is 10.8. The van der Waals surface area contributed by atoms with Crippen LogP contribution in [0.4, 0.5) is 5.69 Å². The van der Waals surface area contributed by atoms with E-state index in [0.717, 1.165) is 5.69 Å². The zero-order valence-corrected chi connectivity index (χ0v) is 10.8. The van der Waals surface area contributed by atoms with E-state index < -0.39 is 0 Å². The number of nitrogens with two attached hydrogens (primary N) is 1.